The molecule has 2 nitrogen and oxygen atoms in total. The number of carbonyl (C=O) groups is 1. The second-order valence-corrected chi connectivity index (χ2v) is 5.62. The molecule has 0 bridgehead atoms. The molecule has 4 heteroatoms. The van der Waals surface area contributed by atoms with Crippen molar-refractivity contribution in [2.75, 3.05) is 6.54 Å². The molecular weight excluding hydrogens is 289 g/mol. The highest BCUT2D eigenvalue weighted by molar-refractivity contribution is 6.31. The number of ketones is 1. The molecule has 1 aliphatic rings. The first-order valence-electron chi connectivity index (χ1n) is 6.93. The van der Waals surface area contributed by atoms with Gasteiger partial charge in [0, 0.05) is 18.0 Å². The van der Waals surface area contributed by atoms with Gasteiger partial charge in [-0.1, -0.05) is 35.9 Å². The average Bonchev–Trinajstić information content (AvgIpc) is 2.50. The Morgan fingerprint density at radius 2 is 2.10 bits per heavy atom. The molecule has 1 atom stereocenters. The molecule has 3 rings (SSSR count). The maximum Gasteiger partial charge on any atom is 0.158 e. The van der Waals surface area contributed by atoms with Crippen molar-refractivity contribution in [3.8, 4) is 0 Å². The molecule has 2 aromatic carbocycles. The maximum atomic E-state index is 13.3. The molecule has 108 valence electrons. The molecule has 2 aromatic rings. The summed E-state index contributed by atoms with van der Waals surface area (Å²) in [4.78, 5) is 12.6. The van der Waals surface area contributed by atoms with E-state index in [9.17, 15) is 9.18 Å². The number of Topliss-reactive ketones (excluding diaryl/α,β-unsaturated/α-hetero) is 1. The number of benzene rings is 2. The van der Waals surface area contributed by atoms with Gasteiger partial charge in [-0.15, -0.1) is 0 Å². The fraction of sp³-hybridized carbons (Fsp3) is 0.235. The van der Waals surface area contributed by atoms with Crippen molar-refractivity contribution < 1.29 is 9.18 Å². The zero-order chi connectivity index (χ0) is 14.8. The minimum atomic E-state index is -0.376. The van der Waals surface area contributed by atoms with Crippen molar-refractivity contribution in [1.29, 1.82) is 0 Å². The summed E-state index contributed by atoms with van der Waals surface area (Å²) in [6, 6.07) is 11.7. The highest BCUT2D eigenvalue weighted by Crippen LogP contribution is 2.26. The standard InChI is InChI=1S/C17H15ClFNO/c18-15-6-5-13(19)9-12(15)10-16(21)17-14-4-2-1-3-11(14)7-8-20-17/h1-6,9,17,20H,7-8,10H2. The minimum absolute atomic E-state index is 0.00894. The van der Waals surface area contributed by atoms with Gasteiger partial charge >= 0.3 is 0 Å². The first kappa shape index (κ1) is 14.2. The van der Waals surface area contributed by atoms with Crippen LogP contribution in [0.2, 0.25) is 5.02 Å². The first-order chi connectivity index (χ1) is 10.1. The van der Waals surface area contributed by atoms with Crippen LogP contribution in [0.5, 0.6) is 0 Å². The van der Waals surface area contributed by atoms with Gasteiger partial charge in [0.15, 0.2) is 5.78 Å². The molecular formula is C17H15ClFNO. The minimum Gasteiger partial charge on any atom is -0.303 e. The third-order valence-electron chi connectivity index (χ3n) is 3.80. The zero-order valence-corrected chi connectivity index (χ0v) is 12.2. The monoisotopic (exact) mass is 303 g/mol. The van der Waals surface area contributed by atoms with E-state index >= 15 is 0 Å². The molecule has 0 saturated carbocycles. The van der Waals surface area contributed by atoms with E-state index in [0.717, 1.165) is 18.5 Å². The quantitative estimate of drug-likeness (QED) is 0.940. The van der Waals surface area contributed by atoms with Crippen molar-refractivity contribution in [3.05, 3.63) is 70.0 Å². The van der Waals surface area contributed by atoms with Crippen LogP contribution in [0.15, 0.2) is 42.5 Å². The SMILES string of the molecule is O=C(Cc1cc(F)ccc1Cl)C1NCCc2ccccc21. The number of hydrogen-bond donors (Lipinski definition) is 1. The van der Waals surface area contributed by atoms with Crippen LogP contribution in [0.1, 0.15) is 22.7 Å². The zero-order valence-electron chi connectivity index (χ0n) is 11.4. The summed E-state index contributed by atoms with van der Waals surface area (Å²) < 4.78 is 13.3. The van der Waals surface area contributed by atoms with Crippen molar-refractivity contribution in [2.24, 2.45) is 0 Å². The summed E-state index contributed by atoms with van der Waals surface area (Å²) in [6.45, 7) is 0.768. The summed E-state index contributed by atoms with van der Waals surface area (Å²) in [5.74, 6) is -0.367. The van der Waals surface area contributed by atoms with E-state index < -0.39 is 0 Å². The van der Waals surface area contributed by atoms with Crippen LogP contribution in [0.3, 0.4) is 0 Å². The second kappa shape index (κ2) is 5.96. The average molecular weight is 304 g/mol. The van der Waals surface area contributed by atoms with E-state index in [1.54, 1.807) is 0 Å². The Morgan fingerprint density at radius 1 is 1.29 bits per heavy atom. The van der Waals surface area contributed by atoms with Gasteiger partial charge in [-0.3, -0.25) is 4.79 Å². The van der Waals surface area contributed by atoms with Gasteiger partial charge < -0.3 is 5.32 Å². The predicted octanol–water partition coefficient (Wildman–Crippen LogP) is 3.48. The van der Waals surface area contributed by atoms with Crippen LogP contribution in [0.25, 0.3) is 0 Å². The van der Waals surface area contributed by atoms with E-state index in [2.05, 4.69) is 5.32 Å². The van der Waals surface area contributed by atoms with E-state index in [-0.39, 0.29) is 24.1 Å². The second-order valence-electron chi connectivity index (χ2n) is 5.21. The van der Waals surface area contributed by atoms with E-state index in [4.69, 9.17) is 11.6 Å². The summed E-state index contributed by atoms with van der Waals surface area (Å²) in [7, 11) is 0. The Morgan fingerprint density at radius 3 is 2.95 bits per heavy atom. The topological polar surface area (TPSA) is 29.1 Å². The molecule has 0 fully saturated rings. The molecule has 0 spiro atoms. The third-order valence-corrected chi connectivity index (χ3v) is 4.17. The number of rotatable bonds is 3. The number of fused-ring (bicyclic) bond motifs is 1. The van der Waals surface area contributed by atoms with Gasteiger partial charge in [0.1, 0.15) is 5.82 Å². The molecule has 0 amide bonds. The summed E-state index contributed by atoms with van der Waals surface area (Å²) in [5, 5.41) is 3.67. The van der Waals surface area contributed by atoms with Crippen molar-refractivity contribution in [2.45, 2.75) is 18.9 Å². The van der Waals surface area contributed by atoms with Gasteiger partial charge in [0.2, 0.25) is 0 Å². The Hall–Kier alpha value is -1.71. The smallest absolute Gasteiger partial charge is 0.158 e. The number of halogens is 2. The van der Waals surface area contributed by atoms with Crippen LogP contribution < -0.4 is 5.32 Å². The van der Waals surface area contributed by atoms with Crippen LogP contribution in [-0.2, 0) is 17.6 Å². The molecule has 1 unspecified atom stereocenters. The molecule has 0 radical (unpaired) electrons. The van der Waals surface area contributed by atoms with Crippen LogP contribution in [0.4, 0.5) is 4.39 Å². The molecule has 1 heterocycles. The predicted molar refractivity (Wildman–Crippen MR) is 81.0 cm³/mol. The molecule has 21 heavy (non-hydrogen) atoms. The van der Waals surface area contributed by atoms with Crippen LogP contribution in [-0.4, -0.2) is 12.3 Å². The fourth-order valence-electron chi connectivity index (χ4n) is 2.76. The lowest BCUT2D eigenvalue weighted by atomic mass is 9.90. The Kier molecular flexibility index (Phi) is 4.04. The van der Waals surface area contributed by atoms with Crippen LogP contribution >= 0.6 is 11.6 Å². The van der Waals surface area contributed by atoms with Gasteiger partial charge in [-0.25, -0.2) is 4.39 Å². The fourth-order valence-corrected chi connectivity index (χ4v) is 2.94. The Labute approximate surface area is 127 Å². The Balaban J connectivity index is 1.85. The Bertz CT molecular complexity index is 686. The number of nitrogens with one attached hydrogen (secondary N) is 1. The maximum absolute atomic E-state index is 13.3. The third kappa shape index (κ3) is 2.99. The van der Waals surface area contributed by atoms with Gasteiger partial charge in [0.25, 0.3) is 0 Å². The molecule has 0 aliphatic carbocycles. The molecule has 1 N–H and O–H groups in total. The van der Waals surface area contributed by atoms with Gasteiger partial charge in [-0.05, 0) is 41.3 Å². The van der Waals surface area contributed by atoms with Crippen LogP contribution in [0, 0.1) is 5.82 Å². The lowest BCUT2D eigenvalue weighted by Gasteiger charge is -2.26. The number of hydrogen-bond acceptors (Lipinski definition) is 2. The van der Waals surface area contributed by atoms with Crippen molar-refractivity contribution in [1.82, 2.24) is 5.32 Å². The van der Waals surface area contributed by atoms with Gasteiger partial charge in [-0.2, -0.15) is 0 Å². The number of carbonyl (C=O) groups excluding carboxylic acids is 1. The largest absolute Gasteiger partial charge is 0.303 e. The van der Waals surface area contributed by atoms with E-state index in [0.29, 0.717) is 10.6 Å². The molecule has 0 saturated heterocycles. The highest BCUT2D eigenvalue weighted by atomic mass is 35.5. The lowest BCUT2D eigenvalue weighted by Crippen LogP contribution is -2.35. The summed E-state index contributed by atoms with van der Waals surface area (Å²) in [6.07, 6.45) is 1.04. The molecule has 1 aliphatic heterocycles. The first-order valence-corrected chi connectivity index (χ1v) is 7.31. The summed E-state index contributed by atoms with van der Waals surface area (Å²) in [5.41, 5.74) is 2.74. The summed E-state index contributed by atoms with van der Waals surface area (Å²) >= 11 is 6.04. The lowest BCUT2D eigenvalue weighted by molar-refractivity contribution is -0.120. The highest BCUT2D eigenvalue weighted by Gasteiger charge is 2.26. The van der Waals surface area contributed by atoms with Crippen molar-refractivity contribution in [3.63, 3.8) is 0 Å². The normalized spacial score (nSPS) is 17.3. The van der Waals surface area contributed by atoms with Gasteiger partial charge in [0.05, 0.1) is 6.04 Å². The van der Waals surface area contributed by atoms with Crippen molar-refractivity contribution >= 4 is 17.4 Å². The van der Waals surface area contributed by atoms with E-state index in [1.807, 2.05) is 24.3 Å². The molecule has 0 aromatic heterocycles. The van der Waals surface area contributed by atoms with E-state index in [1.165, 1.54) is 23.8 Å².